The number of hydrogen-bond donors (Lipinski definition) is 0. The second-order valence-electron chi connectivity index (χ2n) is 2.44. The Balaban J connectivity index is 0.000000810. The van der Waals surface area contributed by atoms with E-state index < -0.39 is 0 Å². The molecule has 0 saturated carbocycles. The van der Waals surface area contributed by atoms with E-state index in [9.17, 15) is 0 Å². The van der Waals surface area contributed by atoms with Crippen molar-refractivity contribution in [2.75, 3.05) is 0 Å². The third-order valence-electron chi connectivity index (χ3n) is 1.25. The van der Waals surface area contributed by atoms with Crippen molar-refractivity contribution in [1.29, 1.82) is 0 Å². The first-order valence-corrected chi connectivity index (χ1v) is 3.83. The van der Waals surface area contributed by atoms with Gasteiger partial charge in [0.25, 0.3) is 0 Å². The number of rotatable bonds is 1. The molecule has 0 spiro atoms. The van der Waals surface area contributed by atoms with Gasteiger partial charge in [-0.2, -0.15) is 17.1 Å². The molecule has 1 aromatic rings. The van der Waals surface area contributed by atoms with Crippen molar-refractivity contribution < 1.29 is 58.2 Å². The van der Waals surface area contributed by atoms with Gasteiger partial charge >= 0.3 is 58.2 Å². The summed E-state index contributed by atoms with van der Waals surface area (Å²) in [4.78, 5) is 1.36. The number of aromatic nitrogens is 1. The monoisotopic (exact) mass is 225 g/mol. The van der Waals surface area contributed by atoms with Gasteiger partial charge in [-0.05, 0) is 0 Å². The van der Waals surface area contributed by atoms with E-state index in [4.69, 9.17) is 0 Å². The Kier molecular flexibility index (Phi) is 5.89. The van der Waals surface area contributed by atoms with E-state index in [2.05, 4.69) is 31.3 Å². The summed E-state index contributed by atoms with van der Waals surface area (Å²) in [5.41, 5.74) is 1.20. The van der Waals surface area contributed by atoms with E-state index in [1.54, 1.807) is 11.5 Å². The van der Waals surface area contributed by atoms with E-state index in [-0.39, 0.29) is 58.2 Å². The Morgan fingerprint density at radius 1 is 1.50 bits per heavy atom. The summed E-state index contributed by atoms with van der Waals surface area (Å²) in [7, 11) is 0. The quantitative estimate of drug-likeness (QED) is 0.581. The predicted octanol–water partition coefficient (Wildman–Crippen LogP) is -0.621. The average Bonchev–Trinajstić information content (AvgIpc) is 2.13. The number of aryl methyl sites for hydroxylation is 1. The van der Waals surface area contributed by atoms with Gasteiger partial charge in [0.2, 0.25) is 0 Å². The van der Waals surface area contributed by atoms with Crippen molar-refractivity contribution in [3.63, 3.8) is 0 Å². The van der Waals surface area contributed by atoms with Crippen LogP contribution in [0.3, 0.4) is 0 Å². The van der Waals surface area contributed by atoms with Crippen LogP contribution in [-0.4, -0.2) is 4.37 Å². The fraction of sp³-hybridized carbons (Fsp3) is 0.571. The zero-order valence-electron chi connectivity index (χ0n) is 6.93. The van der Waals surface area contributed by atoms with Crippen LogP contribution in [0.2, 0.25) is 0 Å². The molecule has 0 fully saturated rings. The fourth-order valence-electron chi connectivity index (χ4n) is 0.802. The largest absolute Gasteiger partial charge is 1.00 e. The summed E-state index contributed by atoms with van der Waals surface area (Å²) in [5.74, 6) is 0.605. The van der Waals surface area contributed by atoms with E-state index in [1.807, 2.05) is 0 Å². The van der Waals surface area contributed by atoms with Gasteiger partial charge in [0.05, 0.1) is 0 Å². The predicted molar refractivity (Wildman–Crippen MR) is 39.8 cm³/mol. The number of nitrogens with zero attached hydrogens (tertiary/aromatic N) is 1. The first-order valence-electron chi connectivity index (χ1n) is 3.05. The molecule has 1 aromatic heterocycles. The van der Waals surface area contributed by atoms with Crippen LogP contribution < -0.4 is 58.2 Å². The molecule has 0 aliphatic rings. The molecule has 0 bridgehead atoms. The van der Waals surface area contributed by atoms with Crippen LogP contribution in [0, 0.1) is 13.1 Å². The molecule has 3 heteroatoms. The zero-order valence-corrected chi connectivity index (χ0v) is 12.7. The summed E-state index contributed by atoms with van der Waals surface area (Å²) < 4.78 is 3.96. The minimum Gasteiger partial charge on any atom is -0.324 e. The molecule has 0 unspecified atom stereocenters. The van der Waals surface area contributed by atoms with Gasteiger partial charge < -0.3 is 4.37 Å². The van der Waals surface area contributed by atoms with Crippen molar-refractivity contribution >= 4 is 11.5 Å². The van der Waals surface area contributed by atoms with Gasteiger partial charge in [0.15, 0.2) is 0 Å². The molecular formula is C7H10NRbS. The standard InChI is InChI=1S/C7H10NS.Rb/c1-5(2)7-6(3)4-8-9-7;/h5H,1-3H3;/q-1;+1. The molecule has 1 rings (SSSR count). The molecule has 0 aliphatic heterocycles. The summed E-state index contributed by atoms with van der Waals surface area (Å²) in [6, 6.07) is 0. The third kappa shape index (κ3) is 2.82. The molecule has 0 aromatic carbocycles. The normalized spacial score (nSPS) is 9.60. The van der Waals surface area contributed by atoms with Crippen LogP contribution in [-0.2, 0) is 0 Å². The first kappa shape index (κ1) is 11.4. The Bertz CT molecular complexity index is 195. The molecule has 0 saturated heterocycles. The van der Waals surface area contributed by atoms with Crippen LogP contribution >= 0.6 is 11.5 Å². The van der Waals surface area contributed by atoms with E-state index in [0.29, 0.717) is 5.92 Å². The fourth-order valence-corrected chi connectivity index (χ4v) is 1.48. The van der Waals surface area contributed by atoms with Crippen molar-refractivity contribution in [2.24, 2.45) is 0 Å². The maximum Gasteiger partial charge on any atom is 1.00 e. The van der Waals surface area contributed by atoms with Crippen LogP contribution in [0.4, 0.5) is 0 Å². The summed E-state index contributed by atoms with van der Waals surface area (Å²) in [6.07, 6.45) is 2.92. The molecule has 1 nitrogen and oxygen atoms in total. The van der Waals surface area contributed by atoms with E-state index >= 15 is 0 Å². The SMILES string of the molecule is Cc1[c-]nsc1C(C)C.[Rb+]. The molecule has 0 aliphatic carbocycles. The van der Waals surface area contributed by atoms with Crippen LogP contribution in [0.1, 0.15) is 30.2 Å². The minimum atomic E-state index is 0. The van der Waals surface area contributed by atoms with Gasteiger partial charge in [-0.1, -0.05) is 26.7 Å². The molecule has 10 heavy (non-hydrogen) atoms. The topological polar surface area (TPSA) is 12.9 Å². The van der Waals surface area contributed by atoms with Gasteiger partial charge in [0, 0.05) is 0 Å². The Labute approximate surface area is 115 Å². The van der Waals surface area contributed by atoms with Gasteiger partial charge in [0.1, 0.15) is 0 Å². The van der Waals surface area contributed by atoms with Crippen molar-refractivity contribution in [3.05, 3.63) is 16.6 Å². The minimum absolute atomic E-state index is 0. The molecule has 50 valence electrons. The third-order valence-corrected chi connectivity index (χ3v) is 2.41. The molecule has 0 amide bonds. The first-order chi connectivity index (χ1) is 4.22. The summed E-state index contributed by atoms with van der Waals surface area (Å²) in [5, 5.41) is 0. The van der Waals surface area contributed by atoms with Gasteiger partial charge in [-0.15, -0.1) is 11.1 Å². The molecule has 0 radical (unpaired) electrons. The van der Waals surface area contributed by atoms with Crippen molar-refractivity contribution in [1.82, 2.24) is 4.37 Å². The van der Waals surface area contributed by atoms with Crippen LogP contribution in [0.5, 0.6) is 0 Å². The maximum absolute atomic E-state index is 3.96. The smallest absolute Gasteiger partial charge is 0.324 e. The second-order valence-corrected chi connectivity index (χ2v) is 3.24. The Morgan fingerprint density at radius 2 is 2.10 bits per heavy atom. The average molecular weight is 226 g/mol. The van der Waals surface area contributed by atoms with Crippen LogP contribution in [0.25, 0.3) is 0 Å². The van der Waals surface area contributed by atoms with Gasteiger partial charge in [-0.25, -0.2) is 0 Å². The molecule has 0 atom stereocenters. The molecule has 0 N–H and O–H groups in total. The molecular weight excluding hydrogens is 216 g/mol. The van der Waals surface area contributed by atoms with E-state index in [0.717, 1.165) is 0 Å². The number of hydrogen-bond acceptors (Lipinski definition) is 2. The van der Waals surface area contributed by atoms with Crippen molar-refractivity contribution in [3.8, 4) is 0 Å². The van der Waals surface area contributed by atoms with Crippen LogP contribution in [0.15, 0.2) is 0 Å². The van der Waals surface area contributed by atoms with Crippen molar-refractivity contribution in [2.45, 2.75) is 26.7 Å². The zero-order chi connectivity index (χ0) is 6.85. The Morgan fingerprint density at radius 3 is 2.30 bits per heavy atom. The van der Waals surface area contributed by atoms with E-state index in [1.165, 1.54) is 10.4 Å². The Hall–Kier alpha value is 1.44. The van der Waals surface area contributed by atoms with Gasteiger partial charge in [-0.3, -0.25) is 0 Å². The maximum atomic E-state index is 3.96. The molecule has 1 heterocycles. The second kappa shape index (κ2) is 5.15. The summed E-state index contributed by atoms with van der Waals surface area (Å²) in [6.45, 7) is 6.40. The summed E-state index contributed by atoms with van der Waals surface area (Å²) >= 11 is 1.55.